The van der Waals surface area contributed by atoms with Crippen molar-refractivity contribution in [2.75, 3.05) is 0 Å². The molecule has 1 fully saturated rings. The lowest BCUT2D eigenvalue weighted by molar-refractivity contribution is -0.144. The average Bonchev–Trinajstić information content (AvgIpc) is 3.03. The molecule has 2 unspecified atom stereocenters. The number of aromatic nitrogens is 3. The van der Waals surface area contributed by atoms with E-state index < -0.39 is 16.8 Å². The third kappa shape index (κ3) is 1.86. The minimum atomic E-state index is -0.991. The van der Waals surface area contributed by atoms with E-state index in [9.17, 15) is 15.3 Å². The quantitative estimate of drug-likeness (QED) is 0.768. The molecule has 0 aliphatic heterocycles. The highest BCUT2D eigenvalue weighted by atomic mass is 16.5. The Hall–Kier alpha value is -3.32. The Kier molecular flexibility index (Phi) is 3.32. The maximum atomic E-state index is 13.3. The Morgan fingerprint density at radius 1 is 1.27 bits per heavy atom. The lowest BCUT2D eigenvalue weighted by Crippen LogP contribution is -2.46. The van der Waals surface area contributed by atoms with Crippen LogP contribution in [0.4, 0.5) is 0 Å². The van der Waals surface area contributed by atoms with Crippen LogP contribution in [0.15, 0.2) is 24.5 Å². The van der Waals surface area contributed by atoms with Gasteiger partial charge in [-0.1, -0.05) is 13.8 Å². The van der Waals surface area contributed by atoms with E-state index in [1.807, 2.05) is 26.0 Å². The van der Waals surface area contributed by atoms with Crippen molar-refractivity contribution in [1.82, 2.24) is 15.0 Å². The molecule has 7 heteroatoms. The Balaban J connectivity index is 1.88. The molecule has 2 aliphatic carbocycles. The van der Waals surface area contributed by atoms with Crippen molar-refractivity contribution < 1.29 is 9.53 Å². The summed E-state index contributed by atoms with van der Waals surface area (Å²) in [5, 5.41) is 18.6. The van der Waals surface area contributed by atoms with Gasteiger partial charge in [-0.2, -0.15) is 10.5 Å². The fourth-order valence-corrected chi connectivity index (χ4v) is 4.47. The third-order valence-corrected chi connectivity index (χ3v) is 5.84. The van der Waals surface area contributed by atoms with Crippen LogP contribution in [0.3, 0.4) is 0 Å². The molecule has 2 atom stereocenters. The van der Waals surface area contributed by atoms with E-state index in [-0.39, 0.29) is 17.3 Å². The van der Waals surface area contributed by atoms with E-state index in [1.54, 1.807) is 18.3 Å². The minimum Gasteiger partial charge on any atom is -0.424 e. The summed E-state index contributed by atoms with van der Waals surface area (Å²) in [4.78, 5) is 26.0. The summed E-state index contributed by atoms with van der Waals surface area (Å²) in [6.45, 7) is 3.99. The maximum Gasteiger partial charge on any atom is 0.324 e. The molecule has 7 nitrogen and oxygen atoms in total. The monoisotopic (exact) mass is 345 g/mol. The molecular weight excluding hydrogens is 330 g/mol. The first-order valence-electron chi connectivity index (χ1n) is 8.30. The fraction of sp³-hybridized carbons (Fsp3) is 0.368. The second-order valence-electron chi connectivity index (χ2n) is 7.17. The molecule has 2 heterocycles. The molecule has 4 rings (SSSR count). The highest BCUT2D eigenvalue weighted by Crippen LogP contribution is 2.67. The molecule has 2 aromatic heterocycles. The first-order chi connectivity index (χ1) is 12.5. The van der Waals surface area contributed by atoms with Gasteiger partial charge in [-0.05, 0) is 30.4 Å². The normalized spacial score (nSPS) is 24.4. The third-order valence-electron chi connectivity index (χ3n) is 5.84. The molecule has 0 N–H and O–H groups in total. The van der Waals surface area contributed by atoms with Gasteiger partial charge >= 0.3 is 5.97 Å². The topological polar surface area (TPSA) is 113 Å². The van der Waals surface area contributed by atoms with Crippen LogP contribution in [0, 0.1) is 28.1 Å². The van der Waals surface area contributed by atoms with Gasteiger partial charge in [0.1, 0.15) is 23.3 Å². The van der Waals surface area contributed by atoms with Gasteiger partial charge in [-0.25, -0.2) is 9.97 Å². The van der Waals surface area contributed by atoms with Crippen LogP contribution in [-0.4, -0.2) is 20.9 Å². The first kappa shape index (κ1) is 16.2. The number of hydrogen-bond donors (Lipinski definition) is 0. The smallest absolute Gasteiger partial charge is 0.324 e. The van der Waals surface area contributed by atoms with E-state index in [1.165, 1.54) is 6.20 Å². The van der Waals surface area contributed by atoms with Crippen molar-refractivity contribution in [1.29, 1.82) is 10.5 Å². The summed E-state index contributed by atoms with van der Waals surface area (Å²) in [6.07, 6.45) is 4.41. The number of carbonyl (C=O) groups excluding carboxylic acids is 1. The van der Waals surface area contributed by atoms with E-state index in [2.05, 4.69) is 15.0 Å². The van der Waals surface area contributed by atoms with Crippen LogP contribution < -0.4 is 4.74 Å². The Morgan fingerprint density at radius 2 is 2.00 bits per heavy atom. The number of nitriles is 2. The molecule has 0 radical (unpaired) electrons. The Morgan fingerprint density at radius 3 is 2.65 bits per heavy atom. The number of fused-ring (bicyclic) bond motifs is 5. The molecule has 0 spiro atoms. The molecule has 1 saturated carbocycles. The standard InChI is InChI=1S/C19H15N5O2/c1-18(2)12-5-6-19(18,17(25)26-11-4-3-7-22-10-11)16-15(12)23-13(8-20)14(9-21)24-16/h3-4,7,10,12H,5-6H2,1-2H3. The van der Waals surface area contributed by atoms with E-state index in [0.29, 0.717) is 23.6 Å². The summed E-state index contributed by atoms with van der Waals surface area (Å²) in [5.41, 5.74) is -0.401. The van der Waals surface area contributed by atoms with Gasteiger partial charge in [-0.15, -0.1) is 0 Å². The van der Waals surface area contributed by atoms with Crippen LogP contribution in [0.2, 0.25) is 0 Å². The molecule has 0 amide bonds. The van der Waals surface area contributed by atoms with E-state index in [0.717, 1.165) is 6.42 Å². The molecule has 26 heavy (non-hydrogen) atoms. The second kappa shape index (κ2) is 5.34. The number of esters is 1. The summed E-state index contributed by atoms with van der Waals surface area (Å²) in [6, 6.07) is 7.20. The largest absolute Gasteiger partial charge is 0.424 e. The van der Waals surface area contributed by atoms with Gasteiger partial charge in [0.25, 0.3) is 0 Å². The summed E-state index contributed by atoms with van der Waals surface area (Å²) in [5.74, 6) is -0.0624. The lowest BCUT2D eigenvalue weighted by atomic mass is 9.68. The number of ether oxygens (including phenoxy) is 1. The van der Waals surface area contributed by atoms with Crippen molar-refractivity contribution in [2.45, 2.75) is 38.0 Å². The van der Waals surface area contributed by atoms with Gasteiger partial charge in [0.15, 0.2) is 11.4 Å². The van der Waals surface area contributed by atoms with E-state index in [4.69, 9.17) is 4.74 Å². The first-order valence-corrected chi connectivity index (χ1v) is 8.30. The SMILES string of the molecule is CC1(C)C2CCC1(C(=O)Oc1cccnc1)c1nc(C#N)c(C#N)nc12. The molecule has 128 valence electrons. The van der Waals surface area contributed by atoms with Gasteiger partial charge in [0.2, 0.25) is 0 Å². The van der Waals surface area contributed by atoms with Crippen molar-refractivity contribution in [2.24, 2.45) is 5.41 Å². The zero-order valence-corrected chi connectivity index (χ0v) is 14.4. The zero-order chi connectivity index (χ0) is 18.5. The average molecular weight is 345 g/mol. The van der Waals surface area contributed by atoms with Crippen molar-refractivity contribution in [3.8, 4) is 17.9 Å². The Bertz CT molecular complexity index is 1000. The van der Waals surface area contributed by atoms with Crippen molar-refractivity contribution in [3.05, 3.63) is 47.3 Å². The van der Waals surface area contributed by atoms with Crippen LogP contribution in [-0.2, 0) is 10.2 Å². The minimum absolute atomic E-state index is 0.00498. The number of nitrogens with zero attached hydrogens (tertiary/aromatic N) is 5. The van der Waals surface area contributed by atoms with Gasteiger partial charge in [0.05, 0.1) is 17.6 Å². The molecule has 2 aliphatic rings. The van der Waals surface area contributed by atoms with Crippen LogP contribution in [0.5, 0.6) is 5.75 Å². The maximum absolute atomic E-state index is 13.3. The van der Waals surface area contributed by atoms with Crippen LogP contribution >= 0.6 is 0 Å². The molecule has 2 aromatic rings. The summed E-state index contributed by atoms with van der Waals surface area (Å²) in [7, 11) is 0. The van der Waals surface area contributed by atoms with Gasteiger partial charge < -0.3 is 4.74 Å². The highest BCUT2D eigenvalue weighted by Gasteiger charge is 2.69. The second-order valence-corrected chi connectivity index (χ2v) is 7.17. The van der Waals surface area contributed by atoms with Gasteiger partial charge in [-0.3, -0.25) is 9.78 Å². The lowest BCUT2D eigenvalue weighted by Gasteiger charge is -2.35. The van der Waals surface area contributed by atoms with Gasteiger partial charge in [0, 0.05) is 12.1 Å². The Labute approximate surface area is 150 Å². The van der Waals surface area contributed by atoms with Crippen LogP contribution in [0.1, 0.15) is 55.4 Å². The number of pyridine rings is 1. The molecule has 0 saturated heterocycles. The molecule has 2 bridgehead atoms. The number of carbonyl (C=O) groups is 1. The van der Waals surface area contributed by atoms with E-state index >= 15 is 0 Å². The molecular formula is C19H15N5O2. The van der Waals surface area contributed by atoms with Crippen molar-refractivity contribution in [3.63, 3.8) is 0 Å². The number of rotatable bonds is 2. The van der Waals surface area contributed by atoms with Crippen molar-refractivity contribution >= 4 is 5.97 Å². The van der Waals surface area contributed by atoms with Crippen LogP contribution in [0.25, 0.3) is 0 Å². The predicted octanol–water partition coefficient (Wildman–Crippen LogP) is 2.38. The summed E-state index contributed by atoms with van der Waals surface area (Å²) < 4.78 is 5.62. The zero-order valence-electron chi connectivity index (χ0n) is 14.4. The fourth-order valence-electron chi connectivity index (χ4n) is 4.47. The number of hydrogen-bond acceptors (Lipinski definition) is 7. The molecule has 0 aromatic carbocycles. The summed E-state index contributed by atoms with van der Waals surface area (Å²) >= 11 is 0. The highest BCUT2D eigenvalue weighted by molar-refractivity contribution is 5.88. The predicted molar refractivity (Wildman–Crippen MR) is 88.8 cm³/mol.